The summed E-state index contributed by atoms with van der Waals surface area (Å²) in [5.74, 6) is -9.67. The number of phenols is 5. The highest BCUT2D eigenvalue weighted by atomic mass is 16.5. The molecule has 0 atom stereocenters. The number of phenolic OH excluding ortho intramolecular Hbond substituents is 5. The molecule has 2 rings (SSSR count). The number of aromatic hydroxyl groups is 5. The van der Waals surface area contributed by atoms with Crippen molar-refractivity contribution in [1.29, 1.82) is 0 Å². The Morgan fingerprint density at radius 2 is 1.25 bits per heavy atom. The second-order valence-corrected chi connectivity index (χ2v) is 4.53. The van der Waals surface area contributed by atoms with E-state index in [2.05, 4.69) is 0 Å². The second kappa shape index (κ2) is 5.76. The van der Waals surface area contributed by atoms with Gasteiger partial charge in [0.05, 0.1) is 5.56 Å². The van der Waals surface area contributed by atoms with Gasteiger partial charge in [0.15, 0.2) is 23.0 Å². The molecule has 0 aliphatic carbocycles. The molecule has 0 unspecified atom stereocenters. The molecule has 126 valence electrons. The lowest BCUT2D eigenvalue weighted by Gasteiger charge is -2.14. The Morgan fingerprint density at radius 3 is 1.71 bits per heavy atom. The molecule has 0 aromatic heterocycles. The Balaban J connectivity index is 2.62. The minimum Gasteiger partial charge on any atom is -0.504 e. The number of aromatic carboxylic acids is 2. The normalized spacial score (nSPS) is 10.3. The number of hydrogen-bond donors (Lipinski definition) is 7. The molecule has 0 radical (unpaired) electrons. The van der Waals surface area contributed by atoms with Crippen molar-refractivity contribution in [3.05, 3.63) is 29.3 Å². The van der Waals surface area contributed by atoms with Crippen molar-refractivity contribution in [3.63, 3.8) is 0 Å². The Morgan fingerprint density at radius 1 is 0.708 bits per heavy atom. The van der Waals surface area contributed by atoms with Gasteiger partial charge in [-0.2, -0.15) is 0 Å². The third-order valence-corrected chi connectivity index (χ3v) is 2.94. The summed E-state index contributed by atoms with van der Waals surface area (Å²) in [4.78, 5) is 22.0. The van der Waals surface area contributed by atoms with E-state index in [1.54, 1.807) is 0 Å². The zero-order valence-corrected chi connectivity index (χ0v) is 11.6. The van der Waals surface area contributed by atoms with Crippen LogP contribution < -0.4 is 4.74 Å². The molecule has 0 heterocycles. The number of carboxylic acids is 2. The smallest absolute Gasteiger partial charge is 0.339 e. The fraction of sp³-hybridized carbons (Fsp3) is 0. The summed E-state index contributed by atoms with van der Waals surface area (Å²) in [6.07, 6.45) is 0. The fourth-order valence-electron chi connectivity index (χ4n) is 1.82. The molecule has 7 N–H and O–H groups in total. The third-order valence-electron chi connectivity index (χ3n) is 2.94. The molecule has 10 heteroatoms. The summed E-state index contributed by atoms with van der Waals surface area (Å²) in [5, 5.41) is 65.9. The summed E-state index contributed by atoms with van der Waals surface area (Å²) in [6, 6.07) is 2.01. The standard InChI is InChI=1S/C14H10O10/c15-6-3-5(14(22)23)11(10(19)9(6)18)24-12-7(16)1-4(13(20)21)2-8(12)17/h1-3,15-19H,(H,20,21)(H,22,23). The van der Waals surface area contributed by atoms with Crippen molar-refractivity contribution in [2.24, 2.45) is 0 Å². The quantitative estimate of drug-likeness (QED) is 0.402. The van der Waals surface area contributed by atoms with Crippen molar-refractivity contribution in [1.82, 2.24) is 0 Å². The molecule has 0 fully saturated rings. The second-order valence-electron chi connectivity index (χ2n) is 4.53. The molecule has 0 saturated heterocycles. The van der Waals surface area contributed by atoms with Crippen molar-refractivity contribution in [2.75, 3.05) is 0 Å². The number of carboxylic acid groups (broad SMARTS) is 2. The average Bonchev–Trinajstić information content (AvgIpc) is 2.49. The SMILES string of the molecule is O=C(O)c1cc(O)c(Oc2c(C(=O)O)cc(O)c(O)c2O)c(O)c1. The molecule has 0 amide bonds. The number of hydrogen-bond acceptors (Lipinski definition) is 8. The number of ether oxygens (including phenoxy) is 1. The van der Waals surface area contributed by atoms with Gasteiger partial charge in [0.1, 0.15) is 5.56 Å². The van der Waals surface area contributed by atoms with Gasteiger partial charge < -0.3 is 40.5 Å². The van der Waals surface area contributed by atoms with Crippen LogP contribution in [0.1, 0.15) is 20.7 Å². The Hall–Kier alpha value is -3.82. The summed E-state index contributed by atoms with van der Waals surface area (Å²) < 4.78 is 4.94. The summed E-state index contributed by atoms with van der Waals surface area (Å²) in [7, 11) is 0. The van der Waals surface area contributed by atoms with Crippen LogP contribution in [0.25, 0.3) is 0 Å². The average molecular weight is 338 g/mol. The minimum absolute atomic E-state index is 0.478. The van der Waals surface area contributed by atoms with Crippen LogP contribution in [0.4, 0.5) is 0 Å². The van der Waals surface area contributed by atoms with Gasteiger partial charge in [0.25, 0.3) is 0 Å². The van der Waals surface area contributed by atoms with Crippen molar-refractivity contribution in [3.8, 4) is 40.2 Å². The third kappa shape index (κ3) is 2.75. The van der Waals surface area contributed by atoms with Crippen LogP contribution in [0.3, 0.4) is 0 Å². The first kappa shape index (κ1) is 16.5. The van der Waals surface area contributed by atoms with Crippen LogP contribution in [0.15, 0.2) is 18.2 Å². The van der Waals surface area contributed by atoms with E-state index in [-0.39, 0.29) is 0 Å². The van der Waals surface area contributed by atoms with Crippen LogP contribution in [0.5, 0.6) is 40.2 Å². The fourth-order valence-corrected chi connectivity index (χ4v) is 1.82. The van der Waals surface area contributed by atoms with Gasteiger partial charge in [-0.25, -0.2) is 9.59 Å². The zero-order valence-electron chi connectivity index (χ0n) is 11.6. The summed E-state index contributed by atoms with van der Waals surface area (Å²) >= 11 is 0. The van der Waals surface area contributed by atoms with E-state index in [1.807, 2.05) is 0 Å². The van der Waals surface area contributed by atoms with Crippen molar-refractivity contribution < 1.29 is 50.1 Å². The molecule has 0 saturated carbocycles. The number of carbonyl (C=O) groups is 2. The van der Waals surface area contributed by atoms with Gasteiger partial charge in [0, 0.05) is 6.07 Å². The minimum atomic E-state index is -1.66. The van der Waals surface area contributed by atoms with Gasteiger partial charge in [0.2, 0.25) is 17.2 Å². The molecule has 0 bridgehead atoms. The molecule has 0 aliphatic heterocycles. The maximum atomic E-state index is 11.2. The van der Waals surface area contributed by atoms with Crippen molar-refractivity contribution in [2.45, 2.75) is 0 Å². The van der Waals surface area contributed by atoms with Gasteiger partial charge >= 0.3 is 11.9 Å². The lowest BCUT2D eigenvalue weighted by Crippen LogP contribution is -2.02. The molecular formula is C14H10O10. The predicted octanol–water partition coefficient (Wildman–Crippen LogP) is 1.40. The highest BCUT2D eigenvalue weighted by Crippen LogP contribution is 2.49. The van der Waals surface area contributed by atoms with E-state index < -0.39 is 63.3 Å². The maximum Gasteiger partial charge on any atom is 0.339 e. The predicted molar refractivity (Wildman–Crippen MR) is 75.2 cm³/mol. The van der Waals surface area contributed by atoms with Crippen molar-refractivity contribution >= 4 is 11.9 Å². The molecule has 2 aromatic carbocycles. The Kier molecular flexibility index (Phi) is 3.97. The van der Waals surface area contributed by atoms with Gasteiger partial charge in [-0.1, -0.05) is 0 Å². The van der Waals surface area contributed by atoms with Crippen LogP contribution >= 0.6 is 0 Å². The van der Waals surface area contributed by atoms with Crippen LogP contribution in [0, 0.1) is 0 Å². The van der Waals surface area contributed by atoms with Gasteiger partial charge in [-0.3, -0.25) is 0 Å². The molecule has 0 aliphatic rings. The largest absolute Gasteiger partial charge is 0.504 e. The van der Waals surface area contributed by atoms with E-state index in [9.17, 15) is 35.1 Å². The molecule has 2 aromatic rings. The molecule has 10 nitrogen and oxygen atoms in total. The summed E-state index contributed by atoms with van der Waals surface area (Å²) in [5.41, 5.74) is -1.27. The topological polar surface area (TPSA) is 185 Å². The van der Waals surface area contributed by atoms with Gasteiger partial charge in [-0.15, -0.1) is 0 Å². The van der Waals surface area contributed by atoms with E-state index in [1.165, 1.54) is 0 Å². The van der Waals surface area contributed by atoms with Crippen LogP contribution in [-0.4, -0.2) is 47.7 Å². The highest BCUT2D eigenvalue weighted by molar-refractivity contribution is 5.94. The zero-order chi connectivity index (χ0) is 18.2. The Bertz CT molecular complexity index is 832. The van der Waals surface area contributed by atoms with E-state index in [4.69, 9.17) is 14.9 Å². The van der Waals surface area contributed by atoms with E-state index in [0.29, 0.717) is 6.07 Å². The van der Waals surface area contributed by atoms with Crippen LogP contribution in [0.2, 0.25) is 0 Å². The lowest BCUT2D eigenvalue weighted by atomic mass is 10.1. The van der Waals surface area contributed by atoms with E-state index in [0.717, 1.165) is 12.1 Å². The molecule has 0 spiro atoms. The maximum absolute atomic E-state index is 11.2. The molecule has 24 heavy (non-hydrogen) atoms. The monoisotopic (exact) mass is 338 g/mol. The Labute approximate surface area is 132 Å². The van der Waals surface area contributed by atoms with E-state index >= 15 is 0 Å². The van der Waals surface area contributed by atoms with Gasteiger partial charge in [-0.05, 0) is 12.1 Å². The number of rotatable bonds is 4. The van der Waals surface area contributed by atoms with Crippen LogP contribution in [-0.2, 0) is 0 Å². The lowest BCUT2D eigenvalue weighted by molar-refractivity contribution is 0.0684. The summed E-state index contributed by atoms with van der Waals surface area (Å²) in [6.45, 7) is 0. The first-order valence-corrected chi connectivity index (χ1v) is 6.11. The molecular weight excluding hydrogens is 328 g/mol. The first-order chi connectivity index (χ1) is 11.1. The number of benzene rings is 2. The highest BCUT2D eigenvalue weighted by Gasteiger charge is 2.25. The first-order valence-electron chi connectivity index (χ1n) is 6.11.